The smallest absolute Gasteiger partial charge is 0.276 e. The van der Waals surface area contributed by atoms with Gasteiger partial charge in [0, 0.05) is 6.54 Å². The number of nitrogens with zero attached hydrogens (tertiary/aromatic N) is 3. The predicted octanol–water partition coefficient (Wildman–Crippen LogP) is 1.27. The first-order valence-corrected chi connectivity index (χ1v) is 5.36. The number of amides is 1. The van der Waals surface area contributed by atoms with Crippen LogP contribution >= 0.6 is 0 Å². The Labute approximate surface area is 103 Å². The molecule has 3 N–H and O–H groups in total. The van der Waals surface area contributed by atoms with Crippen molar-refractivity contribution in [2.24, 2.45) is 0 Å². The van der Waals surface area contributed by atoms with Crippen LogP contribution in [0.4, 0.5) is 15.8 Å². The van der Waals surface area contributed by atoms with Gasteiger partial charge in [-0.1, -0.05) is 0 Å². The summed E-state index contributed by atoms with van der Waals surface area (Å²) in [5.41, 5.74) is 6.64. The Bertz CT molecular complexity index is 563. The van der Waals surface area contributed by atoms with Crippen LogP contribution in [0.25, 0.3) is 0 Å². The monoisotopic (exact) mass is 249 g/mol. The third-order valence-corrected chi connectivity index (χ3v) is 2.37. The number of carbonyl (C=O) groups excluding carboxylic acids is 1. The van der Waals surface area contributed by atoms with Crippen molar-refractivity contribution in [3.8, 4) is 0 Å². The first-order chi connectivity index (χ1) is 8.61. The van der Waals surface area contributed by atoms with E-state index in [4.69, 9.17) is 5.73 Å². The normalized spacial score (nSPS) is 10.3. The fraction of sp³-hybridized carbons (Fsp3) is 0.182. The number of aryl methyl sites for hydroxylation is 1. The summed E-state index contributed by atoms with van der Waals surface area (Å²) in [6, 6.07) is 2.58. The lowest BCUT2D eigenvalue weighted by Gasteiger charge is -2.07. The lowest BCUT2D eigenvalue weighted by atomic mass is 10.3. The van der Waals surface area contributed by atoms with Gasteiger partial charge in [0.1, 0.15) is 5.69 Å². The largest absolute Gasteiger partial charge is 0.396 e. The number of carbonyl (C=O) groups is 1. The van der Waals surface area contributed by atoms with Crippen molar-refractivity contribution < 1.29 is 9.18 Å². The molecule has 7 heteroatoms. The second-order valence-electron chi connectivity index (χ2n) is 3.59. The van der Waals surface area contributed by atoms with Crippen LogP contribution in [0.15, 0.2) is 24.5 Å². The number of rotatable bonds is 3. The van der Waals surface area contributed by atoms with E-state index in [1.807, 2.05) is 6.92 Å². The maximum Gasteiger partial charge on any atom is 0.276 e. The molecule has 0 aliphatic carbocycles. The Balaban J connectivity index is 2.21. The average molecular weight is 249 g/mol. The van der Waals surface area contributed by atoms with Crippen LogP contribution in [0.1, 0.15) is 17.4 Å². The number of aromatic nitrogens is 3. The third-order valence-electron chi connectivity index (χ3n) is 2.37. The van der Waals surface area contributed by atoms with Gasteiger partial charge in [-0.15, -0.1) is 0 Å². The Morgan fingerprint density at radius 3 is 2.89 bits per heavy atom. The van der Waals surface area contributed by atoms with Crippen molar-refractivity contribution in [1.29, 1.82) is 0 Å². The molecule has 0 unspecified atom stereocenters. The van der Waals surface area contributed by atoms with Gasteiger partial charge in [0.15, 0.2) is 0 Å². The highest BCUT2D eigenvalue weighted by Gasteiger charge is 2.16. The number of nitrogens with two attached hydrogens (primary N) is 1. The van der Waals surface area contributed by atoms with Crippen LogP contribution in [0, 0.1) is 5.95 Å². The first-order valence-electron chi connectivity index (χ1n) is 5.36. The first kappa shape index (κ1) is 12.0. The number of hydrogen-bond donors (Lipinski definition) is 2. The number of nitrogens with one attached hydrogen (secondary N) is 1. The highest BCUT2D eigenvalue weighted by Crippen LogP contribution is 2.14. The molecule has 0 spiro atoms. The molecule has 2 aromatic heterocycles. The van der Waals surface area contributed by atoms with Gasteiger partial charge in [0.2, 0.25) is 5.95 Å². The van der Waals surface area contributed by atoms with E-state index in [-0.39, 0.29) is 5.69 Å². The van der Waals surface area contributed by atoms with Gasteiger partial charge in [-0.2, -0.15) is 9.49 Å². The van der Waals surface area contributed by atoms with Crippen molar-refractivity contribution in [3.63, 3.8) is 0 Å². The van der Waals surface area contributed by atoms with Crippen LogP contribution in [0.3, 0.4) is 0 Å². The summed E-state index contributed by atoms with van der Waals surface area (Å²) in [5, 5.41) is 6.54. The summed E-state index contributed by atoms with van der Waals surface area (Å²) >= 11 is 0. The molecule has 2 heterocycles. The summed E-state index contributed by atoms with van der Waals surface area (Å²) in [6.07, 6.45) is 2.65. The topological polar surface area (TPSA) is 85.8 Å². The molecule has 2 aromatic rings. The summed E-state index contributed by atoms with van der Waals surface area (Å²) in [5.74, 6) is -1.01. The fourth-order valence-electron chi connectivity index (χ4n) is 1.53. The van der Waals surface area contributed by atoms with Gasteiger partial charge >= 0.3 is 0 Å². The Morgan fingerprint density at radius 2 is 2.28 bits per heavy atom. The highest BCUT2D eigenvalue weighted by atomic mass is 19.1. The van der Waals surface area contributed by atoms with E-state index in [0.717, 1.165) is 6.07 Å². The third kappa shape index (κ3) is 2.29. The molecule has 0 aromatic carbocycles. The highest BCUT2D eigenvalue weighted by molar-refractivity contribution is 6.06. The minimum atomic E-state index is -0.605. The van der Waals surface area contributed by atoms with E-state index in [0.29, 0.717) is 17.9 Å². The minimum Gasteiger partial charge on any atom is -0.396 e. The number of nitrogen functional groups attached to an aromatic ring is 1. The lowest BCUT2D eigenvalue weighted by Crippen LogP contribution is -2.18. The zero-order valence-electron chi connectivity index (χ0n) is 9.72. The fourth-order valence-corrected chi connectivity index (χ4v) is 1.53. The maximum atomic E-state index is 12.6. The van der Waals surface area contributed by atoms with E-state index in [1.165, 1.54) is 23.1 Å². The number of anilines is 2. The van der Waals surface area contributed by atoms with E-state index >= 15 is 0 Å². The molecule has 18 heavy (non-hydrogen) atoms. The predicted molar refractivity (Wildman–Crippen MR) is 64.5 cm³/mol. The quantitative estimate of drug-likeness (QED) is 0.802. The second-order valence-corrected chi connectivity index (χ2v) is 3.59. The molecule has 2 rings (SSSR count). The summed E-state index contributed by atoms with van der Waals surface area (Å²) in [6.45, 7) is 2.38. The van der Waals surface area contributed by atoms with Crippen molar-refractivity contribution in [1.82, 2.24) is 14.8 Å². The van der Waals surface area contributed by atoms with E-state index in [2.05, 4.69) is 15.4 Å². The van der Waals surface area contributed by atoms with Crippen LogP contribution in [0.5, 0.6) is 0 Å². The van der Waals surface area contributed by atoms with Crippen molar-refractivity contribution in [2.75, 3.05) is 11.1 Å². The number of hydrogen-bond acceptors (Lipinski definition) is 4. The van der Waals surface area contributed by atoms with Crippen molar-refractivity contribution >= 4 is 17.3 Å². The molecule has 1 amide bonds. The molecule has 94 valence electrons. The molecule has 0 fully saturated rings. The maximum absolute atomic E-state index is 12.6. The molecule has 0 bridgehead atoms. The lowest BCUT2D eigenvalue weighted by molar-refractivity contribution is 0.101. The summed E-state index contributed by atoms with van der Waals surface area (Å²) < 4.78 is 14.1. The van der Waals surface area contributed by atoms with Gasteiger partial charge in [0.25, 0.3) is 5.91 Å². The Morgan fingerprint density at radius 1 is 1.50 bits per heavy atom. The van der Waals surface area contributed by atoms with Gasteiger partial charge < -0.3 is 11.1 Å². The van der Waals surface area contributed by atoms with Crippen molar-refractivity contribution in [2.45, 2.75) is 13.5 Å². The molecule has 0 radical (unpaired) electrons. The van der Waals surface area contributed by atoms with Crippen LogP contribution in [-0.2, 0) is 6.54 Å². The second kappa shape index (κ2) is 4.82. The molecule has 0 aliphatic rings. The number of pyridine rings is 1. The van der Waals surface area contributed by atoms with Gasteiger partial charge in [-0.25, -0.2) is 4.98 Å². The van der Waals surface area contributed by atoms with Gasteiger partial charge in [0.05, 0.1) is 23.8 Å². The van der Waals surface area contributed by atoms with E-state index < -0.39 is 11.9 Å². The van der Waals surface area contributed by atoms with Gasteiger partial charge in [-0.3, -0.25) is 9.48 Å². The minimum absolute atomic E-state index is 0.279. The molecule has 0 saturated carbocycles. The van der Waals surface area contributed by atoms with E-state index in [9.17, 15) is 9.18 Å². The number of halogens is 1. The SMILES string of the molecule is CCn1ncc(N)c1C(=O)Nc1ccc(F)nc1. The molecule has 0 saturated heterocycles. The van der Waals surface area contributed by atoms with Crippen LogP contribution in [0.2, 0.25) is 0 Å². The molecular formula is C11H12FN5O. The summed E-state index contributed by atoms with van der Waals surface area (Å²) in [7, 11) is 0. The van der Waals surface area contributed by atoms with Crippen LogP contribution in [-0.4, -0.2) is 20.7 Å². The molecule has 0 atom stereocenters. The standard InChI is InChI=1S/C11H12FN5O/c1-2-17-10(8(13)6-15-17)11(18)16-7-3-4-9(12)14-5-7/h3-6H,2,13H2,1H3,(H,16,18). The van der Waals surface area contributed by atoms with Crippen LogP contribution < -0.4 is 11.1 Å². The zero-order valence-corrected chi connectivity index (χ0v) is 9.72. The average Bonchev–Trinajstić information content (AvgIpc) is 2.73. The Kier molecular flexibility index (Phi) is 3.22. The molecule has 0 aliphatic heterocycles. The summed E-state index contributed by atoms with van der Waals surface area (Å²) in [4.78, 5) is 15.4. The zero-order chi connectivity index (χ0) is 13.1. The molecular weight excluding hydrogens is 237 g/mol. The van der Waals surface area contributed by atoms with E-state index in [1.54, 1.807) is 0 Å². The van der Waals surface area contributed by atoms with Gasteiger partial charge in [-0.05, 0) is 19.1 Å². The Hall–Kier alpha value is -2.44. The van der Waals surface area contributed by atoms with Crippen molar-refractivity contribution in [3.05, 3.63) is 36.2 Å². The molecule has 6 nitrogen and oxygen atoms in total.